The van der Waals surface area contributed by atoms with Crippen LogP contribution in [0.3, 0.4) is 0 Å². The van der Waals surface area contributed by atoms with Gasteiger partial charge in [0.15, 0.2) is 11.0 Å². The Morgan fingerprint density at radius 2 is 1.81 bits per heavy atom. The second kappa shape index (κ2) is 9.06. The highest BCUT2D eigenvalue weighted by Gasteiger charge is 2.33. The van der Waals surface area contributed by atoms with Crippen molar-refractivity contribution in [3.63, 3.8) is 0 Å². The van der Waals surface area contributed by atoms with Gasteiger partial charge in [-0.2, -0.15) is 0 Å². The minimum absolute atomic E-state index is 0.000154. The molecular weight excluding hydrogens is 423 g/mol. The Labute approximate surface area is 193 Å². The number of hydrogen-bond donors (Lipinski definition) is 0. The normalized spacial score (nSPS) is 13.9. The van der Waals surface area contributed by atoms with Crippen LogP contribution in [0.4, 0.5) is 4.39 Å². The van der Waals surface area contributed by atoms with Crippen molar-refractivity contribution in [1.82, 2.24) is 19.7 Å². The summed E-state index contributed by atoms with van der Waals surface area (Å²) in [6.07, 6.45) is 1.95. The summed E-state index contributed by atoms with van der Waals surface area (Å²) in [7, 11) is 1.91. The van der Waals surface area contributed by atoms with E-state index in [1.807, 2.05) is 11.6 Å². The van der Waals surface area contributed by atoms with Gasteiger partial charge in [-0.1, -0.05) is 75.0 Å². The number of thioether (sulfide) groups is 1. The zero-order valence-electron chi connectivity index (χ0n) is 19.0. The summed E-state index contributed by atoms with van der Waals surface area (Å²) in [5.41, 5.74) is 2.90. The molecular formula is C25H29FN4OS. The average molecular weight is 453 g/mol. The molecule has 0 saturated heterocycles. The number of aromatic nitrogens is 3. The smallest absolute Gasteiger partial charge is 0.233 e. The van der Waals surface area contributed by atoms with E-state index in [0.29, 0.717) is 17.3 Å². The summed E-state index contributed by atoms with van der Waals surface area (Å²) in [4.78, 5) is 14.8. The van der Waals surface area contributed by atoms with Crippen LogP contribution < -0.4 is 0 Å². The van der Waals surface area contributed by atoms with Crippen molar-refractivity contribution in [2.75, 3.05) is 5.75 Å². The van der Waals surface area contributed by atoms with Gasteiger partial charge < -0.3 is 9.47 Å². The highest BCUT2D eigenvalue weighted by molar-refractivity contribution is 7.99. The van der Waals surface area contributed by atoms with Gasteiger partial charge in [0.05, 0.1) is 5.75 Å². The van der Waals surface area contributed by atoms with Crippen molar-refractivity contribution < 1.29 is 9.18 Å². The van der Waals surface area contributed by atoms with Gasteiger partial charge >= 0.3 is 0 Å². The second-order valence-electron chi connectivity index (χ2n) is 9.33. The first-order chi connectivity index (χ1) is 15.2. The lowest BCUT2D eigenvalue weighted by molar-refractivity contribution is -0.129. The van der Waals surface area contributed by atoms with Crippen LogP contribution >= 0.6 is 11.8 Å². The lowest BCUT2D eigenvalue weighted by atomic mass is 9.87. The van der Waals surface area contributed by atoms with Crippen LogP contribution in [-0.4, -0.2) is 37.4 Å². The number of halogens is 1. The fourth-order valence-electron chi connectivity index (χ4n) is 3.64. The van der Waals surface area contributed by atoms with Crippen LogP contribution in [-0.2, 0) is 23.8 Å². The number of rotatable bonds is 7. The van der Waals surface area contributed by atoms with E-state index < -0.39 is 0 Å². The molecule has 1 aliphatic rings. The first-order valence-corrected chi connectivity index (χ1v) is 11.9. The van der Waals surface area contributed by atoms with Crippen LogP contribution in [0.15, 0.2) is 53.7 Å². The van der Waals surface area contributed by atoms with Crippen LogP contribution in [0.1, 0.15) is 44.7 Å². The maximum atomic E-state index is 14.1. The molecule has 1 aliphatic carbocycles. The molecule has 0 aliphatic heterocycles. The Kier molecular flexibility index (Phi) is 6.38. The van der Waals surface area contributed by atoms with Crippen LogP contribution in [0.25, 0.3) is 11.4 Å². The Hall–Kier alpha value is -2.67. The summed E-state index contributed by atoms with van der Waals surface area (Å²) in [6, 6.07) is 15.2. The van der Waals surface area contributed by atoms with E-state index in [1.54, 1.807) is 23.1 Å². The van der Waals surface area contributed by atoms with Crippen molar-refractivity contribution in [2.45, 2.75) is 56.8 Å². The molecule has 4 rings (SSSR count). The first-order valence-electron chi connectivity index (χ1n) is 10.9. The molecule has 168 valence electrons. The van der Waals surface area contributed by atoms with Gasteiger partial charge in [0.25, 0.3) is 0 Å². The second-order valence-corrected chi connectivity index (χ2v) is 10.3. The van der Waals surface area contributed by atoms with Gasteiger partial charge in [0.2, 0.25) is 5.91 Å². The number of carbonyl (C=O) groups excluding carboxylic acids is 1. The predicted octanol–water partition coefficient (Wildman–Crippen LogP) is 5.20. The number of amides is 1. The summed E-state index contributed by atoms with van der Waals surface area (Å²) in [5.74, 6) is 0.750. The third-order valence-electron chi connectivity index (χ3n) is 5.78. The highest BCUT2D eigenvalue weighted by atomic mass is 32.2. The summed E-state index contributed by atoms with van der Waals surface area (Å²) in [6.45, 7) is 6.87. The molecule has 0 spiro atoms. The summed E-state index contributed by atoms with van der Waals surface area (Å²) in [5, 5.41) is 9.33. The number of benzene rings is 2. The molecule has 7 heteroatoms. The van der Waals surface area contributed by atoms with Crippen molar-refractivity contribution in [3.8, 4) is 11.4 Å². The molecule has 1 fully saturated rings. The molecule has 1 saturated carbocycles. The fourth-order valence-corrected chi connectivity index (χ4v) is 4.43. The molecule has 32 heavy (non-hydrogen) atoms. The highest BCUT2D eigenvalue weighted by Crippen LogP contribution is 2.31. The topological polar surface area (TPSA) is 51.0 Å². The molecule has 5 nitrogen and oxygen atoms in total. The third-order valence-corrected chi connectivity index (χ3v) is 6.78. The monoisotopic (exact) mass is 452 g/mol. The van der Waals surface area contributed by atoms with Crippen LogP contribution in [0, 0.1) is 5.82 Å². The summed E-state index contributed by atoms with van der Waals surface area (Å²) < 4.78 is 16.0. The lowest BCUT2D eigenvalue weighted by Crippen LogP contribution is -2.34. The molecule has 1 amide bonds. The molecule has 2 aromatic carbocycles. The van der Waals surface area contributed by atoms with E-state index in [1.165, 1.54) is 23.4 Å². The SMILES string of the molecule is Cn1c(SCC(=O)N(Cc2ccccc2F)C2CC2)nnc1-c1ccc(C(C)(C)C)cc1. The third kappa shape index (κ3) is 5.04. The molecule has 0 N–H and O–H groups in total. The summed E-state index contributed by atoms with van der Waals surface area (Å²) >= 11 is 1.37. The molecule has 1 aromatic heterocycles. The predicted molar refractivity (Wildman–Crippen MR) is 126 cm³/mol. The van der Waals surface area contributed by atoms with Gasteiger partial charge in [-0.25, -0.2) is 4.39 Å². The Morgan fingerprint density at radius 3 is 2.44 bits per heavy atom. The fraction of sp³-hybridized carbons (Fsp3) is 0.400. The van der Waals surface area contributed by atoms with Crippen molar-refractivity contribution in [2.24, 2.45) is 7.05 Å². The van der Waals surface area contributed by atoms with Gasteiger partial charge in [-0.05, 0) is 29.9 Å². The van der Waals surface area contributed by atoms with E-state index in [-0.39, 0.29) is 28.9 Å². The molecule has 0 bridgehead atoms. The van der Waals surface area contributed by atoms with E-state index in [9.17, 15) is 9.18 Å². The molecule has 0 radical (unpaired) electrons. The standard InChI is InChI=1S/C25H29FN4OS/c1-25(2,3)19-11-9-17(10-12-19)23-27-28-24(29(23)4)32-16-22(31)30(20-13-14-20)15-18-7-5-6-8-21(18)26/h5-12,20H,13-16H2,1-4H3. The minimum atomic E-state index is -0.269. The number of hydrogen-bond acceptors (Lipinski definition) is 4. The van der Waals surface area contributed by atoms with Crippen LogP contribution in [0.5, 0.6) is 0 Å². The number of nitrogens with zero attached hydrogens (tertiary/aromatic N) is 4. The first kappa shape index (κ1) is 22.5. The lowest BCUT2D eigenvalue weighted by Gasteiger charge is -2.22. The molecule has 0 atom stereocenters. The Bertz CT molecular complexity index is 1100. The van der Waals surface area contributed by atoms with Gasteiger partial charge in [-0.3, -0.25) is 4.79 Å². The van der Waals surface area contributed by atoms with Gasteiger partial charge in [0.1, 0.15) is 5.82 Å². The Balaban J connectivity index is 1.43. The Morgan fingerprint density at radius 1 is 1.12 bits per heavy atom. The minimum Gasteiger partial charge on any atom is -0.335 e. The van der Waals surface area contributed by atoms with Gasteiger partial charge in [0, 0.05) is 30.8 Å². The van der Waals surface area contributed by atoms with E-state index in [2.05, 4.69) is 55.2 Å². The van der Waals surface area contributed by atoms with Crippen molar-refractivity contribution in [1.29, 1.82) is 0 Å². The maximum absolute atomic E-state index is 14.1. The van der Waals surface area contributed by atoms with Crippen LogP contribution in [0.2, 0.25) is 0 Å². The number of carbonyl (C=O) groups is 1. The molecule has 0 unspecified atom stereocenters. The zero-order valence-corrected chi connectivity index (χ0v) is 19.8. The largest absolute Gasteiger partial charge is 0.335 e. The zero-order chi connectivity index (χ0) is 22.9. The molecule has 1 heterocycles. The van der Waals surface area contributed by atoms with E-state index in [0.717, 1.165) is 24.2 Å². The van der Waals surface area contributed by atoms with E-state index in [4.69, 9.17) is 0 Å². The van der Waals surface area contributed by atoms with Gasteiger partial charge in [-0.15, -0.1) is 10.2 Å². The quantitative estimate of drug-likeness (QED) is 0.462. The van der Waals surface area contributed by atoms with E-state index >= 15 is 0 Å². The van der Waals surface area contributed by atoms with Crippen molar-refractivity contribution >= 4 is 17.7 Å². The molecule has 3 aromatic rings. The maximum Gasteiger partial charge on any atom is 0.233 e. The average Bonchev–Trinajstić information content (AvgIpc) is 3.53. The van der Waals surface area contributed by atoms with Crippen molar-refractivity contribution in [3.05, 3.63) is 65.5 Å².